The molecule has 1 amide bonds. The minimum absolute atomic E-state index is 0.0727. The Morgan fingerprint density at radius 1 is 1.08 bits per heavy atom. The van der Waals surface area contributed by atoms with E-state index in [1.165, 1.54) is 12.1 Å². The second-order valence-corrected chi connectivity index (χ2v) is 6.05. The Kier molecular flexibility index (Phi) is 3.89. The number of rotatable bonds is 2. The Bertz CT molecular complexity index is 992. The lowest BCUT2D eigenvalue weighted by Gasteiger charge is -2.26. The molecule has 8 heteroatoms. The number of aromatic amines is 1. The number of fused-ring (bicyclic) bond motifs is 1. The summed E-state index contributed by atoms with van der Waals surface area (Å²) in [5.41, 5.74) is 2.03. The number of nitrogens with zero attached hydrogens (tertiary/aromatic N) is 2. The van der Waals surface area contributed by atoms with Crippen LogP contribution >= 0.6 is 0 Å². The molecule has 0 unspecified atom stereocenters. The van der Waals surface area contributed by atoms with E-state index in [0.717, 1.165) is 0 Å². The third-order valence-electron chi connectivity index (χ3n) is 4.41. The molecule has 8 nitrogen and oxygen atoms in total. The predicted molar refractivity (Wildman–Crippen MR) is 93.2 cm³/mol. The monoisotopic (exact) mass is 355 g/mol. The summed E-state index contributed by atoms with van der Waals surface area (Å²) in [4.78, 5) is 21.7. The van der Waals surface area contributed by atoms with Gasteiger partial charge in [-0.25, -0.2) is 4.98 Å². The first-order valence-electron chi connectivity index (χ1n) is 8.15. The Hall–Kier alpha value is -3.26. The first-order chi connectivity index (χ1) is 12.5. The molecular weight excluding hydrogens is 338 g/mol. The number of aromatic nitrogens is 2. The van der Waals surface area contributed by atoms with Crippen molar-refractivity contribution >= 4 is 16.9 Å². The molecule has 0 radical (unpaired) electrons. The van der Waals surface area contributed by atoms with Gasteiger partial charge in [0, 0.05) is 18.7 Å². The van der Waals surface area contributed by atoms with Crippen LogP contribution < -0.4 is 0 Å². The quantitative estimate of drug-likeness (QED) is 0.521. The molecule has 0 atom stereocenters. The summed E-state index contributed by atoms with van der Waals surface area (Å²) in [6.07, 6.45) is 0. The Morgan fingerprint density at radius 3 is 2.62 bits per heavy atom. The van der Waals surface area contributed by atoms with Gasteiger partial charge in [0.05, 0.1) is 29.8 Å². The highest BCUT2D eigenvalue weighted by Gasteiger charge is 2.20. The topological polar surface area (TPSA) is 119 Å². The molecule has 2 heterocycles. The van der Waals surface area contributed by atoms with Gasteiger partial charge in [0.2, 0.25) is 5.75 Å². The second-order valence-electron chi connectivity index (χ2n) is 6.05. The highest BCUT2D eigenvalue weighted by molar-refractivity contribution is 5.98. The first kappa shape index (κ1) is 16.2. The highest BCUT2D eigenvalue weighted by Crippen LogP contribution is 2.41. The van der Waals surface area contributed by atoms with Crippen molar-refractivity contribution in [1.29, 1.82) is 0 Å². The van der Waals surface area contributed by atoms with Gasteiger partial charge in [-0.2, -0.15) is 0 Å². The largest absolute Gasteiger partial charge is 0.504 e. The van der Waals surface area contributed by atoms with E-state index >= 15 is 0 Å². The van der Waals surface area contributed by atoms with Gasteiger partial charge < -0.3 is 29.9 Å². The Morgan fingerprint density at radius 2 is 1.85 bits per heavy atom. The number of hydrogen-bond acceptors (Lipinski definition) is 6. The van der Waals surface area contributed by atoms with Crippen LogP contribution in [0.4, 0.5) is 0 Å². The number of imidazole rings is 1. The number of carbonyl (C=O) groups excluding carboxylic acids is 1. The average Bonchev–Trinajstić information content (AvgIpc) is 3.09. The molecule has 3 aromatic rings. The minimum atomic E-state index is -0.605. The van der Waals surface area contributed by atoms with Gasteiger partial charge in [-0.3, -0.25) is 4.79 Å². The van der Waals surface area contributed by atoms with Gasteiger partial charge in [0.15, 0.2) is 11.5 Å². The molecule has 0 spiro atoms. The third kappa shape index (κ3) is 2.70. The van der Waals surface area contributed by atoms with Crippen molar-refractivity contribution in [2.75, 3.05) is 26.3 Å². The maximum Gasteiger partial charge on any atom is 0.254 e. The Labute approximate surface area is 148 Å². The van der Waals surface area contributed by atoms with Crippen molar-refractivity contribution in [3.05, 3.63) is 35.9 Å². The van der Waals surface area contributed by atoms with Gasteiger partial charge in [-0.1, -0.05) is 0 Å². The molecule has 134 valence electrons. The van der Waals surface area contributed by atoms with E-state index in [2.05, 4.69) is 9.97 Å². The SMILES string of the molecule is O=C(c1ccc2nc(-c3ccc(O)c(O)c3O)[nH]c2c1)N1CCOCC1. The van der Waals surface area contributed by atoms with Crippen LogP contribution in [0.25, 0.3) is 22.4 Å². The molecule has 1 aliphatic heterocycles. The van der Waals surface area contributed by atoms with Crippen molar-refractivity contribution in [1.82, 2.24) is 14.9 Å². The van der Waals surface area contributed by atoms with E-state index in [1.807, 2.05) is 0 Å². The molecule has 4 rings (SSSR count). The van der Waals surface area contributed by atoms with E-state index in [0.29, 0.717) is 48.7 Å². The number of phenols is 3. The Balaban J connectivity index is 1.70. The fourth-order valence-electron chi connectivity index (χ4n) is 2.98. The number of benzene rings is 2. The van der Waals surface area contributed by atoms with E-state index in [-0.39, 0.29) is 11.5 Å². The van der Waals surface area contributed by atoms with Crippen LogP contribution in [0.3, 0.4) is 0 Å². The molecule has 1 aromatic heterocycles. The molecule has 0 saturated carbocycles. The smallest absolute Gasteiger partial charge is 0.254 e. The molecular formula is C18H17N3O5. The molecule has 0 bridgehead atoms. The molecule has 1 fully saturated rings. The number of aromatic hydroxyl groups is 3. The van der Waals surface area contributed by atoms with Gasteiger partial charge in [0.25, 0.3) is 5.91 Å². The van der Waals surface area contributed by atoms with E-state index in [9.17, 15) is 20.1 Å². The fraction of sp³-hybridized carbons (Fsp3) is 0.222. The lowest BCUT2D eigenvalue weighted by atomic mass is 10.1. The van der Waals surface area contributed by atoms with Crippen molar-refractivity contribution < 1.29 is 24.9 Å². The average molecular weight is 355 g/mol. The second kappa shape index (κ2) is 6.23. The zero-order valence-corrected chi connectivity index (χ0v) is 13.8. The lowest BCUT2D eigenvalue weighted by molar-refractivity contribution is 0.0303. The van der Waals surface area contributed by atoms with Gasteiger partial charge >= 0.3 is 0 Å². The number of H-pyrrole nitrogens is 1. The summed E-state index contributed by atoms with van der Waals surface area (Å²) < 4.78 is 5.27. The molecule has 1 saturated heterocycles. The standard InChI is InChI=1S/C18H17N3O5/c22-14-4-2-11(15(23)16(14)24)17-19-12-3-1-10(9-13(12)20-17)18(25)21-5-7-26-8-6-21/h1-4,9,22-24H,5-8H2,(H,19,20). The summed E-state index contributed by atoms with van der Waals surface area (Å²) in [6.45, 7) is 2.19. The molecule has 26 heavy (non-hydrogen) atoms. The van der Waals surface area contributed by atoms with E-state index < -0.39 is 17.2 Å². The molecule has 2 aromatic carbocycles. The van der Waals surface area contributed by atoms with Crippen LogP contribution in [-0.2, 0) is 4.74 Å². The van der Waals surface area contributed by atoms with Crippen molar-refractivity contribution in [2.24, 2.45) is 0 Å². The van der Waals surface area contributed by atoms with E-state index in [4.69, 9.17) is 4.74 Å². The van der Waals surface area contributed by atoms with Crippen LogP contribution in [-0.4, -0.2) is 62.4 Å². The number of hydrogen-bond donors (Lipinski definition) is 4. The normalized spacial score (nSPS) is 14.7. The number of nitrogens with one attached hydrogen (secondary N) is 1. The van der Waals surface area contributed by atoms with Gasteiger partial charge in [-0.05, 0) is 30.3 Å². The van der Waals surface area contributed by atoms with Crippen LogP contribution in [0.2, 0.25) is 0 Å². The summed E-state index contributed by atoms with van der Waals surface area (Å²) in [5, 5.41) is 29.2. The zero-order chi connectivity index (χ0) is 18.3. The highest BCUT2D eigenvalue weighted by atomic mass is 16.5. The first-order valence-corrected chi connectivity index (χ1v) is 8.15. The third-order valence-corrected chi connectivity index (χ3v) is 4.41. The van der Waals surface area contributed by atoms with Crippen LogP contribution in [0.15, 0.2) is 30.3 Å². The maximum atomic E-state index is 12.6. The van der Waals surface area contributed by atoms with Crippen molar-refractivity contribution in [2.45, 2.75) is 0 Å². The van der Waals surface area contributed by atoms with Crippen LogP contribution in [0.5, 0.6) is 17.2 Å². The predicted octanol–water partition coefficient (Wildman–Crippen LogP) is 1.82. The van der Waals surface area contributed by atoms with Crippen molar-refractivity contribution in [3.63, 3.8) is 0 Å². The number of morpholine rings is 1. The number of carbonyl (C=O) groups is 1. The lowest BCUT2D eigenvalue weighted by Crippen LogP contribution is -2.40. The number of phenolic OH excluding ortho intramolecular Hbond substituents is 3. The summed E-state index contributed by atoms with van der Waals surface area (Å²) in [7, 11) is 0. The van der Waals surface area contributed by atoms with Gasteiger partial charge in [-0.15, -0.1) is 0 Å². The minimum Gasteiger partial charge on any atom is -0.504 e. The summed E-state index contributed by atoms with van der Waals surface area (Å²) in [6, 6.07) is 7.85. The van der Waals surface area contributed by atoms with Crippen molar-refractivity contribution in [3.8, 4) is 28.6 Å². The summed E-state index contributed by atoms with van der Waals surface area (Å²) in [5.74, 6) is -1.24. The molecule has 1 aliphatic rings. The zero-order valence-electron chi connectivity index (χ0n) is 13.8. The summed E-state index contributed by atoms with van der Waals surface area (Å²) >= 11 is 0. The van der Waals surface area contributed by atoms with Gasteiger partial charge in [0.1, 0.15) is 5.82 Å². The van der Waals surface area contributed by atoms with E-state index in [1.54, 1.807) is 23.1 Å². The molecule has 4 N–H and O–H groups in total. The van der Waals surface area contributed by atoms with Crippen LogP contribution in [0.1, 0.15) is 10.4 Å². The maximum absolute atomic E-state index is 12.6. The number of ether oxygens (including phenoxy) is 1. The molecule has 0 aliphatic carbocycles. The fourth-order valence-corrected chi connectivity index (χ4v) is 2.98. The van der Waals surface area contributed by atoms with Crippen LogP contribution in [0, 0.1) is 0 Å². The number of amides is 1.